The molecule has 1 saturated carbocycles. The Bertz CT molecular complexity index is 836. The van der Waals surface area contributed by atoms with Crippen LogP contribution in [-0.2, 0) is 20.5 Å². The third-order valence-electron chi connectivity index (χ3n) is 7.94. The van der Waals surface area contributed by atoms with E-state index in [0.29, 0.717) is 23.8 Å². The number of alkyl carbamates (subject to hydrolysis) is 1. The molecule has 0 spiro atoms. The monoisotopic (exact) mass is 456 g/mol. The van der Waals surface area contributed by atoms with Crippen molar-refractivity contribution >= 4 is 18.7 Å². The summed E-state index contributed by atoms with van der Waals surface area (Å²) in [6, 6.07) is 9.20. The van der Waals surface area contributed by atoms with Crippen LogP contribution in [0.25, 0.3) is 0 Å². The highest BCUT2D eigenvalue weighted by atomic mass is 16.7. The number of hydrogen-bond acceptors (Lipinski definition) is 5. The van der Waals surface area contributed by atoms with Crippen molar-refractivity contribution in [2.75, 3.05) is 19.6 Å². The van der Waals surface area contributed by atoms with Crippen LogP contribution in [0.2, 0.25) is 0 Å². The van der Waals surface area contributed by atoms with Crippen molar-refractivity contribution in [2.45, 2.75) is 84.7 Å². The van der Waals surface area contributed by atoms with Crippen LogP contribution in [0.15, 0.2) is 24.3 Å². The third kappa shape index (κ3) is 5.41. The van der Waals surface area contributed by atoms with E-state index in [1.807, 2.05) is 20.8 Å². The lowest BCUT2D eigenvalue weighted by molar-refractivity contribution is 0.00578. The quantitative estimate of drug-likeness (QED) is 0.663. The van der Waals surface area contributed by atoms with Crippen LogP contribution < -0.4 is 10.8 Å². The van der Waals surface area contributed by atoms with E-state index >= 15 is 0 Å². The van der Waals surface area contributed by atoms with Gasteiger partial charge in [0.2, 0.25) is 0 Å². The number of hydrogen-bond donors (Lipinski definition) is 1. The van der Waals surface area contributed by atoms with Crippen LogP contribution in [0.1, 0.15) is 61.0 Å². The first-order valence-electron chi connectivity index (χ1n) is 12.4. The summed E-state index contributed by atoms with van der Waals surface area (Å²) in [5.41, 5.74) is 1.33. The summed E-state index contributed by atoms with van der Waals surface area (Å²) in [5.74, 6) is 2.00. The Morgan fingerprint density at radius 2 is 1.67 bits per heavy atom. The summed E-state index contributed by atoms with van der Waals surface area (Å²) < 4.78 is 17.7. The maximum Gasteiger partial charge on any atom is 0.494 e. The Balaban J connectivity index is 1.22. The van der Waals surface area contributed by atoms with Gasteiger partial charge in [-0.1, -0.05) is 24.3 Å². The normalized spacial score (nSPS) is 29.0. The first-order chi connectivity index (χ1) is 15.3. The lowest BCUT2D eigenvalue weighted by Gasteiger charge is -2.32. The first kappa shape index (κ1) is 24.6. The Morgan fingerprint density at radius 3 is 2.18 bits per heavy atom. The molecule has 2 heterocycles. The molecule has 1 aliphatic carbocycles. The lowest BCUT2D eigenvalue weighted by atomic mass is 9.78. The summed E-state index contributed by atoms with van der Waals surface area (Å²) >= 11 is 0. The minimum atomic E-state index is -0.446. The molecule has 3 atom stereocenters. The second-order valence-electron chi connectivity index (χ2n) is 12.2. The van der Waals surface area contributed by atoms with E-state index in [9.17, 15) is 4.79 Å². The largest absolute Gasteiger partial charge is 0.494 e. The Hall–Kier alpha value is -1.57. The van der Waals surface area contributed by atoms with Gasteiger partial charge in [0.05, 0.1) is 11.2 Å². The van der Waals surface area contributed by atoms with Crippen molar-refractivity contribution < 1.29 is 18.8 Å². The van der Waals surface area contributed by atoms with E-state index in [1.54, 1.807) is 0 Å². The second-order valence-corrected chi connectivity index (χ2v) is 12.2. The van der Waals surface area contributed by atoms with Gasteiger partial charge in [-0.25, -0.2) is 4.79 Å². The Kier molecular flexibility index (Phi) is 6.39. The smallest absolute Gasteiger partial charge is 0.444 e. The fourth-order valence-electron chi connectivity index (χ4n) is 5.12. The number of nitrogens with one attached hydrogen (secondary N) is 1. The molecule has 1 aromatic carbocycles. The van der Waals surface area contributed by atoms with Crippen molar-refractivity contribution in [3.05, 3.63) is 29.8 Å². The van der Waals surface area contributed by atoms with Crippen LogP contribution in [-0.4, -0.2) is 60.6 Å². The Labute approximate surface area is 199 Å². The van der Waals surface area contributed by atoms with Gasteiger partial charge in [0, 0.05) is 25.7 Å². The van der Waals surface area contributed by atoms with E-state index in [1.165, 1.54) is 5.56 Å². The van der Waals surface area contributed by atoms with Gasteiger partial charge in [-0.15, -0.1) is 0 Å². The molecule has 1 amide bonds. The molecule has 3 fully saturated rings. The average Bonchev–Trinajstić information content (AvgIpc) is 3.02. The molecule has 182 valence electrons. The molecule has 0 aromatic heterocycles. The zero-order valence-electron chi connectivity index (χ0n) is 21.6. The highest BCUT2D eigenvalue weighted by Crippen LogP contribution is 2.51. The fraction of sp³-hybridized carbons (Fsp3) is 0.731. The van der Waals surface area contributed by atoms with Crippen molar-refractivity contribution in [3.63, 3.8) is 0 Å². The van der Waals surface area contributed by atoms with Crippen LogP contribution >= 0.6 is 0 Å². The van der Waals surface area contributed by atoms with Crippen LogP contribution in [0.5, 0.6) is 0 Å². The molecule has 0 bridgehead atoms. The van der Waals surface area contributed by atoms with E-state index in [-0.39, 0.29) is 24.4 Å². The SMILES string of the molecule is C[C@H](Cc1ccc(B2OC(C)(C)C(C)(C)O2)cc1)N1CC2C(CNC(=O)OC(C)(C)C)C2C1. The van der Waals surface area contributed by atoms with Gasteiger partial charge < -0.3 is 19.4 Å². The molecular formula is C26H41BN2O4. The number of carbonyl (C=O) groups is 1. The first-order valence-corrected chi connectivity index (χ1v) is 12.4. The van der Waals surface area contributed by atoms with E-state index in [0.717, 1.165) is 31.5 Å². The molecular weight excluding hydrogens is 415 g/mol. The van der Waals surface area contributed by atoms with Gasteiger partial charge in [0.25, 0.3) is 0 Å². The number of nitrogens with zero attached hydrogens (tertiary/aromatic N) is 1. The molecule has 33 heavy (non-hydrogen) atoms. The topological polar surface area (TPSA) is 60.0 Å². The van der Waals surface area contributed by atoms with E-state index in [2.05, 4.69) is 69.1 Å². The number of piperidine rings is 1. The number of amides is 1. The molecule has 3 aliphatic rings. The minimum absolute atomic E-state index is 0.304. The number of ether oxygens (including phenoxy) is 1. The zero-order valence-corrected chi connectivity index (χ0v) is 21.6. The zero-order chi connectivity index (χ0) is 24.2. The predicted molar refractivity (Wildman–Crippen MR) is 132 cm³/mol. The van der Waals surface area contributed by atoms with Gasteiger partial charge >= 0.3 is 13.2 Å². The second kappa shape index (κ2) is 8.58. The lowest BCUT2D eigenvalue weighted by Crippen LogP contribution is -2.41. The van der Waals surface area contributed by atoms with E-state index in [4.69, 9.17) is 14.0 Å². The number of benzene rings is 1. The van der Waals surface area contributed by atoms with Crippen LogP contribution in [0, 0.1) is 17.8 Å². The van der Waals surface area contributed by atoms with Gasteiger partial charge in [0.15, 0.2) is 0 Å². The molecule has 2 saturated heterocycles. The van der Waals surface area contributed by atoms with Crippen LogP contribution in [0.4, 0.5) is 4.79 Å². The molecule has 2 unspecified atom stereocenters. The summed E-state index contributed by atoms with van der Waals surface area (Å²) in [5, 5.41) is 2.95. The molecule has 6 nitrogen and oxygen atoms in total. The Morgan fingerprint density at radius 1 is 1.12 bits per heavy atom. The van der Waals surface area contributed by atoms with Crippen LogP contribution in [0.3, 0.4) is 0 Å². The third-order valence-corrected chi connectivity index (χ3v) is 7.94. The summed E-state index contributed by atoms with van der Waals surface area (Å²) in [7, 11) is -0.307. The molecule has 4 rings (SSSR count). The predicted octanol–water partition coefficient (Wildman–Crippen LogP) is 3.62. The standard InChI is InChI=1S/C26H41BN2O4/c1-17(29-15-21-20(22(21)16-29)14-28-23(30)31-24(2,3)4)13-18-9-11-19(12-10-18)27-32-25(5,6)26(7,8)33-27/h9-12,17,20-22H,13-16H2,1-8H3,(H,28,30)/t17-,20?,21?,22?/m1/s1. The summed E-state index contributed by atoms with van der Waals surface area (Å²) in [6.07, 6.45) is 0.728. The highest BCUT2D eigenvalue weighted by molar-refractivity contribution is 6.62. The highest BCUT2D eigenvalue weighted by Gasteiger charge is 2.56. The van der Waals surface area contributed by atoms with Crippen molar-refractivity contribution in [1.29, 1.82) is 0 Å². The van der Waals surface area contributed by atoms with Crippen molar-refractivity contribution in [3.8, 4) is 0 Å². The minimum Gasteiger partial charge on any atom is -0.444 e. The maximum absolute atomic E-state index is 11.9. The van der Waals surface area contributed by atoms with E-state index < -0.39 is 5.60 Å². The van der Waals surface area contributed by atoms with Gasteiger partial charge in [-0.2, -0.15) is 0 Å². The fourth-order valence-corrected chi connectivity index (χ4v) is 5.12. The summed E-state index contributed by atoms with van der Waals surface area (Å²) in [6.45, 7) is 19.3. The number of fused-ring (bicyclic) bond motifs is 1. The molecule has 7 heteroatoms. The number of carbonyl (C=O) groups excluding carboxylic acids is 1. The molecule has 0 radical (unpaired) electrons. The van der Waals surface area contributed by atoms with Gasteiger partial charge in [0.1, 0.15) is 5.60 Å². The molecule has 2 aliphatic heterocycles. The molecule has 1 N–H and O–H groups in total. The van der Waals surface area contributed by atoms with Crippen molar-refractivity contribution in [1.82, 2.24) is 10.2 Å². The van der Waals surface area contributed by atoms with Gasteiger partial charge in [-0.3, -0.25) is 4.90 Å². The number of likely N-dealkylation sites (tertiary alicyclic amines) is 1. The van der Waals surface area contributed by atoms with Gasteiger partial charge in [-0.05, 0) is 90.6 Å². The maximum atomic E-state index is 11.9. The molecule has 1 aromatic rings. The van der Waals surface area contributed by atoms with Crippen molar-refractivity contribution in [2.24, 2.45) is 17.8 Å². The summed E-state index contributed by atoms with van der Waals surface area (Å²) in [4.78, 5) is 14.5. The average molecular weight is 456 g/mol. The number of rotatable bonds is 6.